The summed E-state index contributed by atoms with van der Waals surface area (Å²) in [6, 6.07) is 18.8. The van der Waals surface area contributed by atoms with Crippen LogP contribution in [0.1, 0.15) is 37.3 Å². The summed E-state index contributed by atoms with van der Waals surface area (Å²) >= 11 is 11.2. The first-order valence-electron chi connectivity index (χ1n) is 11.3. The van der Waals surface area contributed by atoms with Crippen LogP contribution in [0, 0.1) is 6.92 Å². The molecule has 1 aromatic heterocycles. The number of aromatic nitrogens is 1. The van der Waals surface area contributed by atoms with E-state index in [1.54, 1.807) is 18.2 Å². The van der Waals surface area contributed by atoms with Gasteiger partial charge in [-0.2, -0.15) is 0 Å². The van der Waals surface area contributed by atoms with Crippen LogP contribution in [0.2, 0.25) is 5.02 Å². The minimum Gasteiger partial charge on any atom is -0.483 e. The Balaban J connectivity index is 1.33. The fraction of sp³-hybridized carbons (Fsp3) is 0.222. The van der Waals surface area contributed by atoms with Gasteiger partial charge in [-0.3, -0.25) is 10.1 Å². The second-order valence-electron chi connectivity index (χ2n) is 8.33. The molecule has 8 heteroatoms. The minimum atomic E-state index is -0.364. The maximum atomic E-state index is 12.2. The molecule has 1 heterocycles. The summed E-state index contributed by atoms with van der Waals surface area (Å²) in [5.41, 5.74) is 5.28. The number of thiocarbonyl (C=S) groups is 1. The highest BCUT2D eigenvalue weighted by molar-refractivity contribution is 7.80. The molecule has 0 saturated carbocycles. The van der Waals surface area contributed by atoms with Crippen molar-refractivity contribution in [2.45, 2.75) is 33.1 Å². The van der Waals surface area contributed by atoms with Crippen molar-refractivity contribution in [1.29, 1.82) is 0 Å². The average Bonchev–Trinajstić information content (AvgIpc) is 3.27. The van der Waals surface area contributed by atoms with Crippen LogP contribution >= 0.6 is 23.8 Å². The zero-order valence-corrected chi connectivity index (χ0v) is 21.3. The number of oxazole rings is 1. The van der Waals surface area contributed by atoms with E-state index in [-0.39, 0.29) is 17.6 Å². The van der Waals surface area contributed by atoms with Gasteiger partial charge in [0.15, 0.2) is 17.3 Å². The van der Waals surface area contributed by atoms with Crippen LogP contribution in [0.15, 0.2) is 65.1 Å². The molecular formula is C27H26ClN3O3S. The van der Waals surface area contributed by atoms with Crippen LogP contribution in [-0.4, -0.2) is 22.6 Å². The highest BCUT2D eigenvalue weighted by Crippen LogP contribution is 2.28. The van der Waals surface area contributed by atoms with Crippen molar-refractivity contribution in [3.05, 3.63) is 76.8 Å². The SMILES string of the molecule is CCC(C)c1ccc2oc(-c3ccc(NC(=S)NC(=O)COc4ccc(Cl)cc4C)cc3)nc2c1. The molecule has 0 bridgehead atoms. The average molecular weight is 508 g/mol. The van der Waals surface area contributed by atoms with E-state index in [1.165, 1.54) is 5.56 Å². The van der Waals surface area contributed by atoms with E-state index in [0.29, 0.717) is 22.6 Å². The summed E-state index contributed by atoms with van der Waals surface area (Å²) in [7, 11) is 0. The van der Waals surface area contributed by atoms with Crippen molar-refractivity contribution in [3.8, 4) is 17.2 Å². The van der Waals surface area contributed by atoms with Gasteiger partial charge in [0.05, 0.1) is 0 Å². The highest BCUT2D eigenvalue weighted by atomic mass is 35.5. The molecule has 1 amide bonds. The molecule has 3 aromatic carbocycles. The summed E-state index contributed by atoms with van der Waals surface area (Å²) in [5, 5.41) is 6.40. The third kappa shape index (κ3) is 6.18. The van der Waals surface area contributed by atoms with Crippen LogP contribution < -0.4 is 15.4 Å². The van der Waals surface area contributed by atoms with Gasteiger partial charge in [-0.15, -0.1) is 0 Å². The summed E-state index contributed by atoms with van der Waals surface area (Å²) in [6.45, 7) is 6.07. The van der Waals surface area contributed by atoms with Crippen LogP contribution in [0.4, 0.5) is 5.69 Å². The van der Waals surface area contributed by atoms with Crippen molar-refractivity contribution >= 4 is 51.6 Å². The van der Waals surface area contributed by atoms with Gasteiger partial charge in [-0.05, 0) is 97.2 Å². The Labute approximate surface area is 214 Å². The maximum absolute atomic E-state index is 12.2. The van der Waals surface area contributed by atoms with E-state index < -0.39 is 0 Å². The van der Waals surface area contributed by atoms with Crippen molar-refractivity contribution in [2.24, 2.45) is 0 Å². The molecule has 0 aliphatic carbocycles. The molecule has 0 radical (unpaired) electrons. The topological polar surface area (TPSA) is 76.4 Å². The van der Waals surface area contributed by atoms with Gasteiger partial charge in [0.2, 0.25) is 5.89 Å². The molecule has 35 heavy (non-hydrogen) atoms. The molecule has 0 aliphatic heterocycles. The quantitative estimate of drug-likeness (QED) is 0.266. The number of amides is 1. The van der Waals surface area contributed by atoms with Crippen LogP contribution in [0.3, 0.4) is 0 Å². The van der Waals surface area contributed by atoms with Gasteiger partial charge in [-0.25, -0.2) is 4.98 Å². The number of ether oxygens (including phenoxy) is 1. The lowest BCUT2D eigenvalue weighted by atomic mass is 9.98. The molecule has 0 fully saturated rings. The molecule has 4 rings (SSSR count). The molecular weight excluding hydrogens is 482 g/mol. The Bertz CT molecular complexity index is 1370. The van der Waals surface area contributed by atoms with Gasteiger partial charge in [0, 0.05) is 16.3 Å². The smallest absolute Gasteiger partial charge is 0.264 e. The van der Waals surface area contributed by atoms with E-state index in [2.05, 4.69) is 41.6 Å². The Morgan fingerprint density at radius 2 is 1.91 bits per heavy atom. The molecule has 6 nitrogen and oxygen atoms in total. The largest absolute Gasteiger partial charge is 0.483 e. The van der Waals surface area contributed by atoms with E-state index in [0.717, 1.165) is 34.3 Å². The number of carbonyl (C=O) groups is 1. The van der Waals surface area contributed by atoms with Crippen molar-refractivity contribution in [2.75, 3.05) is 11.9 Å². The molecule has 0 spiro atoms. The van der Waals surface area contributed by atoms with Gasteiger partial charge in [0.25, 0.3) is 5.91 Å². The number of hydrogen-bond acceptors (Lipinski definition) is 5. The predicted octanol–water partition coefficient (Wildman–Crippen LogP) is 6.86. The van der Waals surface area contributed by atoms with Crippen LogP contribution in [-0.2, 0) is 4.79 Å². The number of hydrogen-bond donors (Lipinski definition) is 2. The van der Waals surface area contributed by atoms with Crippen LogP contribution in [0.5, 0.6) is 5.75 Å². The van der Waals surface area contributed by atoms with Gasteiger partial charge < -0.3 is 14.5 Å². The lowest BCUT2D eigenvalue weighted by Crippen LogP contribution is -2.37. The normalized spacial score (nSPS) is 11.8. The van der Waals surface area contributed by atoms with E-state index in [9.17, 15) is 4.79 Å². The highest BCUT2D eigenvalue weighted by Gasteiger charge is 2.12. The molecule has 0 saturated heterocycles. The third-order valence-electron chi connectivity index (χ3n) is 5.73. The zero-order valence-electron chi connectivity index (χ0n) is 19.7. The lowest BCUT2D eigenvalue weighted by Gasteiger charge is -2.12. The van der Waals surface area contributed by atoms with E-state index in [4.69, 9.17) is 33.0 Å². The number of carbonyl (C=O) groups excluding carboxylic acids is 1. The van der Waals surface area contributed by atoms with Crippen molar-refractivity contribution in [1.82, 2.24) is 10.3 Å². The molecule has 0 aliphatic rings. The predicted molar refractivity (Wildman–Crippen MR) is 144 cm³/mol. The first kappa shape index (κ1) is 24.7. The Hall–Kier alpha value is -3.42. The second-order valence-corrected chi connectivity index (χ2v) is 9.18. The summed E-state index contributed by atoms with van der Waals surface area (Å²) in [5.74, 6) is 1.26. The molecule has 1 unspecified atom stereocenters. The molecule has 4 aromatic rings. The maximum Gasteiger partial charge on any atom is 0.264 e. The summed E-state index contributed by atoms with van der Waals surface area (Å²) in [6.07, 6.45) is 1.07. The number of benzene rings is 3. The van der Waals surface area contributed by atoms with Gasteiger partial charge in [0.1, 0.15) is 11.3 Å². The third-order valence-corrected chi connectivity index (χ3v) is 6.17. The Morgan fingerprint density at radius 1 is 1.14 bits per heavy atom. The van der Waals surface area contributed by atoms with Crippen molar-refractivity contribution in [3.63, 3.8) is 0 Å². The monoisotopic (exact) mass is 507 g/mol. The second kappa shape index (κ2) is 10.9. The molecule has 180 valence electrons. The minimum absolute atomic E-state index is 0.167. The fourth-order valence-corrected chi connectivity index (χ4v) is 4.01. The number of anilines is 1. The first-order chi connectivity index (χ1) is 16.8. The number of halogens is 1. The molecule has 2 N–H and O–H groups in total. The number of aryl methyl sites for hydroxylation is 1. The Kier molecular flexibility index (Phi) is 7.68. The number of fused-ring (bicyclic) bond motifs is 1. The van der Waals surface area contributed by atoms with E-state index >= 15 is 0 Å². The van der Waals surface area contributed by atoms with Gasteiger partial charge in [-0.1, -0.05) is 31.5 Å². The lowest BCUT2D eigenvalue weighted by molar-refractivity contribution is -0.121. The summed E-state index contributed by atoms with van der Waals surface area (Å²) < 4.78 is 11.5. The fourth-order valence-electron chi connectivity index (χ4n) is 3.55. The molecule has 1 atom stereocenters. The number of nitrogens with one attached hydrogen (secondary N) is 2. The van der Waals surface area contributed by atoms with Crippen LogP contribution in [0.25, 0.3) is 22.6 Å². The zero-order chi connectivity index (χ0) is 24.9. The van der Waals surface area contributed by atoms with Gasteiger partial charge >= 0.3 is 0 Å². The Morgan fingerprint density at radius 3 is 2.63 bits per heavy atom. The van der Waals surface area contributed by atoms with Crippen molar-refractivity contribution < 1.29 is 13.9 Å². The number of nitrogens with zero attached hydrogens (tertiary/aromatic N) is 1. The number of rotatable bonds is 7. The standard InChI is InChI=1S/C27H26ClN3O3S/c1-4-16(2)19-7-11-24-22(14-19)30-26(34-24)18-5-9-21(10-6-18)29-27(35)31-25(32)15-33-23-12-8-20(28)13-17(23)3/h5-14,16H,4,15H2,1-3H3,(H2,29,31,32,35). The summed E-state index contributed by atoms with van der Waals surface area (Å²) in [4.78, 5) is 16.9. The first-order valence-corrected chi connectivity index (χ1v) is 12.1. The van der Waals surface area contributed by atoms with E-state index in [1.807, 2.05) is 37.3 Å².